The standard InChI is InChI=1S/C15H24N2O3S/c1-2-10-17-21(18,19)15-9-4-3-8-14(15)20-13-7-5-6-12(16)11-13/h3-4,8-9,12-13,17H,2,5-7,10-11,16H2,1H3. The molecule has 1 fully saturated rings. The van der Waals surface area contributed by atoms with Gasteiger partial charge in [-0.15, -0.1) is 0 Å². The summed E-state index contributed by atoms with van der Waals surface area (Å²) in [4.78, 5) is 0.206. The van der Waals surface area contributed by atoms with Gasteiger partial charge in [0.1, 0.15) is 16.7 Å². The van der Waals surface area contributed by atoms with Gasteiger partial charge in [0.05, 0.1) is 0 Å². The zero-order chi connectivity index (χ0) is 15.3. The number of nitrogens with one attached hydrogen (secondary N) is 1. The summed E-state index contributed by atoms with van der Waals surface area (Å²) in [7, 11) is -3.52. The highest BCUT2D eigenvalue weighted by molar-refractivity contribution is 7.89. The minimum absolute atomic E-state index is 0.00345. The van der Waals surface area contributed by atoms with Gasteiger partial charge in [0.2, 0.25) is 10.0 Å². The normalized spacial score (nSPS) is 23.0. The molecule has 1 aromatic rings. The zero-order valence-electron chi connectivity index (χ0n) is 12.4. The molecule has 0 spiro atoms. The van der Waals surface area contributed by atoms with Crippen LogP contribution in [0.5, 0.6) is 5.75 Å². The summed E-state index contributed by atoms with van der Waals surface area (Å²) in [6.45, 7) is 2.35. The van der Waals surface area contributed by atoms with Crippen LogP contribution in [-0.4, -0.2) is 27.1 Å². The molecule has 2 rings (SSSR count). The Morgan fingerprint density at radius 3 is 2.81 bits per heavy atom. The van der Waals surface area contributed by atoms with E-state index >= 15 is 0 Å². The molecule has 0 radical (unpaired) electrons. The number of hydrogen-bond donors (Lipinski definition) is 2. The van der Waals surface area contributed by atoms with Gasteiger partial charge in [-0.2, -0.15) is 0 Å². The van der Waals surface area contributed by atoms with Crippen LogP contribution in [0, 0.1) is 0 Å². The Morgan fingerprint density at radius 1 is 1.33 bits per heavy atom. The van der Waals surface area contributed by atoms with E-state index in [4.69, 9.17) is 10.5 Å². The Kier molecular flexibility index (Phi) is 5.61. The number of nitrogens with two attached hydrogens (primary N) is 1. The molecule has 1 saturated carbocycles. The van der Waals surface area contributed by atoms with E-state index in [1.54, 1.807) is 24.3 Å². The number of sulfonamides is 1. The van der Waals surface area contributed by atoms with E-state index in [1.807, 2.05) is 6.92 Å². The molecule has 0 heterocycles. The molecule has 2 unspecified atom stereocenters. The number of benzene rings is 1. The minimum atomic E-state index is -3.52. The molecule has 0 aromatic heterocycles. The number of rotatable bonds is 6. The van der Waals surface area contributed by atoms with Crippen molar-refractivity contribution in [1.29, 1.82) is 0 Å². The molecule has 0 aliphatic heterocycles. The van der Waals surface area contributed by atoms with E-state index in [0.717, 1.165) is 32.1 Å². The van der Waals surface area contributed by atoms with E-state index < -0.39 is 10.0 Å². The van der Waals surface area contributed by atoms with Gasteiger partial charge in [-0.25, -0.2) is 13.1 Å². The summed E-state index contributed by atoms with van der Waals surface area (Å²) in [5.41, 5.74) is 5.96. The van der Waals surface area contributed by atoms with E-state index in [-0.39, 0.29) is 17.0 Å². The van der Waals surface area contributed by atoms with Crippen molar-refractivity contribution in [1.82, 2.24) is 4.72 Å². The van der Waals surface area contributed by atoms with Gasteiger partial charge in [0.25, 0.3) is 0 Å². The summed E-state index contributed by atoms with van der Waals surface area (Å²) in [5, 5.41) is 0. The predicted octanol–water partition coefficient (Wildman–Crippen LogP) is 2.02. The Morgan fingerprint density at radius 2 is 2.10 bits per heavy atom. The van der Waals surface area contributed by atoms with Gasteiger partial charge in [0.15, 0.2) is 0 Å². The summed E-state index contributed by atoms with van der Waals surface area (Å²) < 4.78 is 33.1. The van der Waals surface area contributed by atoms with Crippen LogP contribution in [0.1, 0.15) is 39.0 Å². The minimum Gasteiger partial charge on any atom is -0.489 e. The van der Waals surface area contributed by atoms with Crippen LogP contribution < -0.4 is 15.2 Å². The maximum atomic E-state index is 12.3. The van der Waals surface area contributed by atoms with E-state index in [0.29, 0.717) is 12.3 Å². The topological polar surface area (TPSA) is 81.4 Å². The van der Waals surface area contributed by atoms with Crippen LogP contribution in [0.2, 0.25) is 0 Å². The van der Waals surface area contributed by atoms with Gasteiger partial charge in [-0.1, -0.05) is 19.1 Å². The molecule has 118 valence electrons. The molecule has 3 N–H and O–H groups in total. The molecule has 0 saturated heterocycles. The van der Waals surface area contributed by atoms with Crippen LogP contribution in [-0.2, 0) is 10.0 Å². The van der Waals surface area contributed by atoms with Gasteiger partial charge in [0, 0.05) is 12.6 Å². The van der Waals surface area contributed by atoms with Crippen molar-refractivity contribution in [2.24, 2.45) is 5.73 Å². The third kappa shape index (κ3) is 4.43. The lowest BCUT2D eigenvalue weighted by Crippen LogP contribution is -2.34. The largest absolute Gasteiger partial charge is 0.489 e. The molecule has 2 atom stereocenters. The highest BCUT2D eigenvalue weighted by Crippen LogP contribution is 2.28. The van der Waals surface area contributed by atoms with Crippen molar-refractivity contribution in [2.45, 2.75) is 56.1 Å². The number of hydrogen-bond acceptors (Lipinski definition) is 4. The highest BCUT2D eigenvalue weighted by atomic mass is 32.2. The number of ether oxygens (including phenoxy) is 1. The van der Waals surface area contributed by atoms with E-state index in [2.05, 4.69) is 4.72 Å². The van der Waals surface area contributed by atoms with E-state index in [1.165, 1.54) is 0 Å². The fourth-order valence-electron chi connectivity index (χ4n) is 2.55. The molecular weight excluding hydrogens is 288 g/mol. The SMILES string of the molecule is CCCNS(=O)(=O)c1ccccc1OC1CCCC(N)C1. The van der Waals surface area contributed by atoms with Gasteiger partial charge >= 0.3 is 0 Å². The Hall–Kier alpha value is -1.11. The fraction of sp³-hybridized carbons (Fsp3) is 0.600. The van der Waals surface area contributed by atoms with Crippen molar-refractivity contribution in [3.8, 4) is 5.75 Å². The van der Waals surface area contributed by atoms with Crippen LogP contribution in [0.15, 0.2) is 29.2 Å². The summed E-state index contributed by atoms with van der Waals surface area (Å²) in [5.74, 6) is 0.417. The van der Waals surface area contributed by atoms with Gasteiger partial charge < -0.3 is 10.5 Å². The maximum absolute atomic E-state index is 12.3. The average Bonchev–Trinajstić information content (AvgIpc) is 2.46. The second-order valence-electron chi connectivity index (χ2n) is 5.51. The zero-order valence-corrected chi connectivity index (χ0v) is 13.2. The molecule has 5 nitrogen and oxygen atoms in total. The van der Waals surface area contributed by atoms with Crippen molar-refractivity contribution in [3.05, 3.63) is 24.3 Å². The van der Waals surface area contributed by atoms with Crippen LogP contribution >= 0.6 is 0 Å². The second-order valence-corrected chi connectivity index (χ2v) is 7.25. The van der Waals surface area contributed by atoms with Gasteiger partial charge in [-0.3, -0.25) is 0 Å². The quantitative estimate of drug-likeness (QED) is 0.842. The average molecular weight is 312 g/mol. The van der Waals surface area contributed by atoms with Crippen molar-refractivity contribution < 1.29 is 13.2 Å². The first-order valence-electron chi connectivity index (χ1n) is 7.54. The number of para-hydroxylation sites is 1. The molecule has 21 heavy (non-hydrogen) atoms. The Labute approximate surface area is 126 Å². The molecule has 0 amide bonds. The van der Waals surface area contributed by atoms with Crippen molar-refractivity contribution >= 4 is 10.0 Å². The molecule has 6 heteroatoms. The van der Waals surface area contributed by atoms with Crippen LogP contribution in [0.3, 0.4) is 0 Å². The first kappa shape index (κ1) is 16.3. The van der Waals surface area contributed by atoms with Crippen molar-refractivity contribution in [3.63, 3.8) is 0 Å². The predicted molar refractivity (Wildman–Crippen MR) is 82.8 cm³/mol. The summed E-state index contributed by atoms with van der Waals surface area (Å²) in [6.07, 6.45) is 4.48. The molecule has 0 bridgehead atoms. The molecule has 1 aromatic carbocycles. The third-order valence-electron chi connectivity index (χ3n) is 3.64. The smallest absolute Gasteiger partial charge is 0.244 e. The van der Waals surface area contributed by atoms with Crippen LogP contribution in [0.4, 0.5) is 0 Å². The van der Waals surface area contributed by atoms with Gasteiger partial charge in [-0.05, 0) is 44.2 Å². The first-order valence-corrected chi connectivity index (χ1v) is 9.02. The molecular formula is C15H24N2O3S. The second kappa shape index (κ2) is 7.24. The monoisotopic (exact) mass is 312 g/mol. The molecule has 1 aliphatic carbocycles. The van der Waals surface area contributed by atoms with Crippen molar-refractivity contribution in [2.75, 3.05) is 6.54 Å². The Bertz CT molecular complexity index is 560. The summed E-state index contributed by atoms with van der Waals surface area (Å²) >= 11 is 0. The lowest BCUT2D eigenvalue weighted by Gasteiger charge is -2.28. The Balaban J connectivity index is 2.16. The molecule has 1 aliphatic rings. The van der Waals surface area contributed by atoms with Crippen LogP contribution in [0.25, 0.3) is 0 Å². The third-order valence-corrected chi connectivity index (χ3v) is 5.14. The summed E-state index contributed by atoms with van der Waals surface area (Å²) in [6, 6.07) is 6.93. The lowest BCUT2D eigenvalue weighted by atomic mass is 9.93. The van der Waals surface area contributed by atoms with E-state index in [9.17, 15) is 8.42 Å². The highest BCUT2D eigenvalue weighted by Gasteiger charge is 2.24. The maximum Gasteiger partial charge on any atom is 0.244 e. The fourth-order valence-corrected chi connectivity index (χ4v) is 3.82. The lowest BCUT2D eigenvalue weighted by molar-refractivity contribution is 0.140. The first-order chi connectivity index (χ1) is 10.0.